The lowest BCUT2D eigenvalue weighted by Crippen LogP contribution is -2.29. The number of halogens is 1. The molecule has 0 radical (unpaired) electrons. The Balaban J connectivity index is 1.48. The van der Waals surface area contributed by atoms with Crippen LogP contribution in [-0.2, 0) is 27.8 Å². The molecule has 7 nitrogen and oxygen atoms in total. The molecule has 0 unspecified atom stereocenters. The number of carbonyl (C=O) groups is 1. The Morgan fingerprint density at radius 2 is 2.03 bits per heavy atom. The van der Waals surface area contributed by atoms with Gasteiger partial charge in [0.2, 0.25) is 5.91 Å². The fourth-order valence-corrected chi connectivity index (χ4v) is 5.01. The van der Waals surface area contributed by atoms with E-state index in [-0.39, 0.29) is 17.5 Å². The van der Waals surface area contributed by atoms with Crippen molar-refractivity contribution in [3.05, 3.63) is 70.6 Å². The van der Waals surface area contributed by atoms with E-state index in [0.29, 0.717) is 24.3 Å². The monoisotopic (exact) mass is 474 g/mol. The number of rotatable bonds is 5. The molecule has 9 heteroatoms. The molecule has 2 heterocycles. The van der Waals surface area contributed by atoms with Gasteiger partial charge in [0.1, 0.15) is 6.54 Å². The summed E-state index contributed by atoms with van der Waals surface area (Å²) in [6, 6.07) is 13.0. The van der Waals surface area contributed by atoms with E-state index >= 15 is 0 Å². The Hall–Kier alpha value is -2.65. The maximum absolute atomic E-state index is 13.0. The zero-order chi connectivity index (χ0) is 20.6. The minimum atomic E-state index is -3.77. The van der Waals surface area contributed by atoms with Crippen LogP contribution in [0.2, 0.25) is 0 Å². The first-order chi connectivity index (χ1) is 13.8. The van der Waals surface area contributed by atoms with Gasteiger partial charge in [-0.3, -0.25) is 9.10 Å². The number of nitrogens with one attached hydrogen (secondary N) is 1. The van der Waals surface area contributed by atoms with Crippen molar-refractivity contribution in [2.24, 2.45) is 0 Å². The Morgan fingerprint density at radius 1 is 1.24 bits per heavy atom. The van der Waals surface area contributed by atoms with Gasteiger partial charge in [-0.1, -0.05) is 34.1 Å². The summed E-state index contributed by atoms with van der Waals surface area (Å²) in [6.07, 6.45) is 3.43. The molecule has 1 aliphatic heterocycles. The van der Waals surface area contributed by atoms with Crippen molar-refractivity contribution in [3.63, 3.8) is 0 Å². The lowest BCUT2D eigenvalue weighted by atomic mass is 10.2. The maximum Gasteiger partial charge on any atom is 0.283 e. The maximum atomic E-state index is 13.0. The van der Waals surface area contributed by atoms with E-state index in [4.69, 9.17) is 0 Å². The molecule has 2 aromatic carbocycles. The van der Waals surface area contributed by atoms with Gasteiger partial charge in [0.25, 0.3) is 10.0 Å². The van der Waals surface area contributed by atoms with Crippen LogP contribution in [0.3, 0.4) is 0 Å². The molecule has 150 valence electrons. The van der Waals surface area contributed by atoms with Crippen molar-refractivity contribution >= 4 is 43.2 Å². The Bertz CT molecular complexity index is 1190. The van der Waals surface area contributed by atoms with E-state index in [0.717, 1.165) is 15.6 Å². The molecule has 0 saturated carbocycles. The molecule has 29 heavy (non-hydrogen) atoms. The number of anilines is 2. The van der Waals surface area contributed by atoms with Crippen molar-refractivity contribution in [1.29, 1.82) is 0 Å². The highest BCUT2D eigenvalue weighted by atomic mass is 79.9. The summed E-state index contributed by atoms with van der Waals surface area (Å²) in [5.74, 6) is -0.264. The molecule has 1 aromatic heterocycles. The third-order valence-corrected chi connectivity index (χ3v) is 7.37. The zero-order valence-corrected chi connectivity index (χ0v) is 18.1. The van der Waals surface area contributed by atoms with E-state index in [9.17, 15) is 13.2 Å². The molecule has 0 aliphatic carbocycles. The quantitative estimate of drug-likeness (QED) is 0.614. The number of hydrogen-bond donors (Lipinski definition) is 1. The largest absolute Gasteiger partial charge is 0.327 e. The highest BCUT2D eigenvalue weighted by Gasteiger charge is 2.32. The summed E-state index contributed by atoms with van der Waals surface area (Å²) in [4.78, 5) is 16.4. The number of nitrogens with zero attached hydrogens (tertiary/aromatic N) is 3. The van der Waals surface area contributed by atoms with Gasteiger partial charge in [-0.25, -0.2) is 4.98 Å². The molecule has 1 N–H and O–H groups in total. The SMILES string of the molecule is Cc1cc(NC(=O)Cn2cnc(S(=O)(=O)N3CCc4ccccc43)c2)ccc1Br. The molecule has 1 amide bonds. The van der Waals surface area contributed by atoms with Crippen LogP contribution in [-0.4, -0.2) is 30.4 Å². The second-order valence-corrected chi connectivity index (χ2v) is 9.52. The van der Waals surface area contributed by atoms with Gasteiger partial charge in [0, 0.05) is 22.9 Å². The van der Waals surface area contributed by atoms with Crippen LogP contribution in [0.4, 0.5) is 11.4 Å². The lowest BCUT2D eigenvalue weighted by molar-refractivity contribution is -0.116. The first kappa shape index (κ1) is 19.7. The number of amides is 1. The van der Waals surface area contributed by atoms with Crippen LogP contribution >= 0.6 is 15.9 Å². The van der Waals surface area contributed by atoms with Gasteiger partial charge >= 0.3 is 0 Å². The first-order valence-electron chi connectivity index (χ1n) is 9.03. The van der Waals surface area contributed by atoms with Gasteiger partial charge in [0.15, 0.2) is 5.03 Å². The smallest absolute Gasteiger partial charge is 0.283 e. The predicted octanol–water partition coefficient (Wildman–Crippen LogP) is 3.34. The fraction of sp³-hybridized carbons (Fsp3) is 0.200. The van der Waals surface area contributed by atoms with Gasteiger partial charge in [0.05, 0.1) is 12.0 Å². The summed E-state index contributed by atoms with van der Waals surface area (Å²) < 4.78 is 29.8. The van der Waals surface area contributed by atoms with Crippen LogP contribution in [0.5, 0.6) is 0 Å². The number of aryl methyl sites for hydroxylation is 1. The second-order valence-electron chi connectivity index (χ2n) is 6.85. The number of para-hydroxylation sites is 1. The number of imidazole rings is 1. The summed E-state index contributed by atoms with van der Waals surface area (Å²) in [5, 5.41) is 2.74. The number of hydrogen-bond acceptors (Lipinski definition) is 4. The standard InChI is InChI=1S/C20H19BrN4O3S/c1-14-10-16(6-7-17(14)21)23-19(26)11-24-12-20(22-13-24)29(27,28)25-9-8-15-4-2-3-5-18(15)25/h2-7,10,12-13H,8-9,11H2,1H3,(H,23,26). The molecular formula is C20H19BrN4O3S. The van der Waals surface area contributed by atoms with Crippen LogP contribution in [0.1, 0.15) is 11.1 Å². The average molecular weight is 475 g/mol. The number of fused-ring (bicyclic) bond motifs is 1. The van der Waals surface area contributed by atoms with Gasteiger partial charge < -0.3 is 9.88 Å². The Kier molecular flexibility index (Phi) is 5.18. The predicted molar refractivity (Wildman–Crippen MR) is 114 cm³/mol. The number of carbonyl (C=O) groups excluding carboxylic acids is 1. The second kappa shape index (κ2) is 7.64. The Morgan fingerprint density at radius 3 is 2.83 bits per heavy atom. The molecular weight excluding hydrogens is 456 g/mol. The average Bonchev–Trinajstić information content (AvgIpc) is 3.32. The molecule has 0 saturated heterocycles. The van der Waals surface area contributed by atoms with E-state index in [1.807, 2.05) is 37.3 Å². The van der Waals surface area contributed by atoms with Crippen molar-refractivity contribution in [2.75, 3.05) is 16.2 Å². The highest BCUT2D eigenvalue weighted by Crippen LogP contribution is 2.32. The molecule has 3 aromatic rings. The number of sulfonamides is 1. The van der Waals surface area contributed by atoms with Crippen LogP contribution in [0.25, 0.3) is 0 Å². The van der Waals surface area contributed by atoms with E-state index in [1.54, 1.807) is 12.1 Å². The Labute approximate surface area is 177 Å². The molecule has 4 rings (SSSR count). The summed E-state index contributed by atoms with van der Waals surface area (Å²) in [7, 11) is -3.77. The minimum absolute atomic E-state index is 0.0335. The third-order valence-electron chi connectivity index (χ3n) is 4.78. The molecule has 0 fully saturated rings. The van der Waals surface area contributed by atoms with Crippen molar-refractivity contribution in [2.45, 2.75) is 24.9 Å². The van der Waals surface area contributed by atoms with E-state index in [2.05, 4.69) is 26.2 Å². The van der Waals surface area contributed by atoms with Crippen LogP contribution in [0, 0.1) is 6.92 Å². The normalized spacial score (nSPS) is 13.4. The first-order valence-corrected chi connectivity index (χ1v) is 11.3. The topological polar surface area (TPSA) is 84.3 Å². The van der Waals surface area contributed by atoms with Crippen molar-refractivity contribution in [3.8, 4) is 0 Å². The van der Waals surface area contributed by atoms with Gasteiger partial charge in [-0.2, -0.15) is 8.42 Å². The van der Waals surface area contributed by atoms with Crippen molar-refractivity contribution < 1.29 is 13.2 Å². The highest BCUT2D eigenvalue weighted by molar-refractivity contribution is 9.10. The van der Waals surface area contributed by atoms with Crippen LogP contribution < -0.4 is 9.62 Å². The third kappa shape index (κ3) is 3.92. The minimum Gasteiger partial charge on any atom is -0.327 e. The molecule has 1 aliphatic rings. The van der Waals surface area contributed by atoms with E-state index in [1.165, 1.54) is 21.4 Å². The fourth-order valence-electron chi connectivity index (χ4n) is 3.32. The molecule has 0 atom stereocenters. The number of aromatic nitrogens is 2. The zero-order valence-electron chi connectivity index (χ0n) is 15.7. The number of benzene rings is 2. The van der Waals surface area contributed by atoms with Crippen molar-refractivity contribution in [1.82, 2.24) is 9.55 Å². The lowest BCUT2D eigenvalue weighted by Gasteiger charge is -2.17. The summed E-state index contributed by atoms with van der Waals surface area (Å²) in [5.41, 5.74) is 3.37. The molecule has 0 spiro atoms. The van der Waals surface area contributed by atoms with Crippen LogP contribution in [0.15, 0.2) is 64.5 Å². The summed E-state index contributed by atoms with van der Waals surface area (Å²) in [6.45, 7) is 2.29. The van der Waals surface area contributed by atoms with Gasteiger partial charge in [-0.05, 0) is 48.7 Å². The van der Waals surface area contributed by atoms with Gasteiger partial charge in [-0.15, -0.1) is 0 Å². The molecule has 0 bridgehead atoms. The summed E-state index contributed by atoms with van der Waals surface area (Å²) >= 11 is 3.42. The van der Waals surface area contributed by atoms with E-state index < -0.39 is 10.0 Å².